The molecule has 1 aromatic heterocycles. The molecular formula is C10H14N4O5. The quantitative estimate of drug-likeness (QED) is 0.509. The Labute approximate surface area is 108 Å². The highest BCUT2D eigenvalue weighted by Gasteiger charge is 2.20. The molecular weight excluding hydrogens is 256 g/mol. The van der Waals surface area contributed by atoms with Crippen LogP contribution in [0, 0.1) is 0 Å². The van der Waals surface area contributed by atoms with E-state index in [0.717, 1.165) is 0 Å². The number of carboxylic acid groups (broad SMARTS) is 1. The van der Waals surface area contributed by atoms with E-state index in [1.165, 1.54) is 6.20 Å². The molecule has 0 bridgehead atoms. The molecule has 1 atom stereocenters. The predicted octanol–water partition coefficient (Wildman–Crippen LogP) is -0.807. The number of nitrogens with zero attached hydrogens (tertiary/aromatic N) is 1. The number of hydrogen-bond donors (Lipinski definition) is 4. The number of nitrogens with two attached hydrogens (primary N) is 1. The fraction of sp³-hybridized carbons (Fsp3) is 0.400. The van der Waals surface area contributed by atoms with Crippen molar-refractivity contribution < 1.29 is 24.0 Å². The van der Waals surface area contributed by atoms with E-state index in [1.54, 1.807) is 6.07 Å². The van der Waals surface area contributed by atoms with E-state index in [4.69, 9.17) is 15.4 Å². The normalized spacial score (nSPS) is 11.6. The lowest BCUT2D eigenvalue weighted by molar-refractivity contribution is -0.139. The van der Waals surface area contributed by atoms with E-state index < -0.39 is 23.9 Å². The van der Waals surface area contributed by atoms with Crippen molar-refractivity contribution in [1.29, 1.82) is 0 Å². The van der Waals surface area contributed by atoms with Crippen LogP contribution in [0.25, 0.3) is 0 Å². The van der Waals surface area contributed by atoms with Crippen molar-refractivity contribution in [2.75, 3.05) is 0 Å². The lowest BCUT2D eigenvalue weighted by atomic mass is 10.1. The molecule has 104 valence electrons. The fourth-order valence-corrected chi connectivity index (χ4v) is 1.25. The third-order valence-corrected chi connectivity index (χ3v) is 2.20. The van der Waals surface area contributed by atoms with E-state index in [1.807, 2.05) is 0 Å². The highest BCUT2D eigenvalue weighted by atomic mass is 16.5. The minimum atomic E-state index is -1.24. The summed E-state index contributed by atoms with van der Waals surface area (Å²) in [5.41, 5.74) is 4.92. The smallest absolute Gasteiger partial charge is 0.326 e. The zero-order chi connectivity index (χ0) is 14.3. The number of aromatic nitrogens is 1. The molecule has 0 saturated carbocycles. The minimum Gasteiger partial charge on any atom is -0.480 e. The summed E-state index contributed by atoms with van der Waals surface area (Å²) in [6.07, 6.45) is 1.22. The van der Waals surface area contributed by atoms with Crippen LogP contribution in [0.15, 0.2) is 16.8 Å². The molecule has 0 spiro atoms. The molecule has 19 heavy (non-hydrogen) atoms. The van der Waals surface area contributed by atoms with E-state index >= 15 is 0 Å². The maximum atomic E-state index is 11.4. The fourth-order valence-electron chi connectivity index (χ4n) is 1.25. The van der Waals surface area contributed by atoms with Crippen LogP contribution in [0.4, 0.5) is 4.79 Å². The summed E-state index contributed by atoms with van der Waals surface area (Å²) in [7, 11) is 0. The van der Waals surface area contributed by atoms with Crippen molar-refractivity contribution >= 4 is 17.9 Å². The number of urea groups is 1. The van der Waals surface area contributed by atoms with Gasteiger partial charge in [0, 0.05) is 12.5 Å². The number of carbonyl (C=O) groups excluding carboxylic acids is 2. The SMILES string of the molecule is NC(=O)CC[C@@H](NC(=O)NCc1ccno1)C(=O)O. The highest BCUT2D eigenvalue weighted by Crippen LogP contribution is 1.98. The maximum absolute atomic E-state index is 11.4. The number of carbonyl (C=O) groups is 3. The lowest BCUT2D eigenvalue weighted by Gasteiger charge is -2.13. The Morgan fingerprint density at radius 3 is 2.74 bits per heavy atom. The van der Waals surface area contributed by atoms with Crippen LogP contribution in [0.5, 0.6) is 0 Å². The van der Waals surface area contributed by atoms with Crippen molar-refractivity contribution in [3.05, 3.63) is 18.0 Å². The van der Waals surface area contributed by atoms with Crippen molar-refractivity contribution in [3.63, 3.8) is 0 Å². The topological polar surface area (TPSA) is 148 Å². The molecule has 0 fully saturated rings. The summed E-state index contributed by atoms with van der Waals surface area (Å²) in [6, 6.07) is -0.308. The summed E-state index contributed by atoms with van der Waals surface area (Å²) >= 11 is 0. The molecule has 5 N–H and O–H groups in total. The van der Waals surface area contributed by atoms with Crippen LogP contribution in [0.1, 0.15) is 18.6 Å². The zero-order valence-electron chi connectivity index (χ0n) is 9.96. The van der Waals surface area contributed by atoms with Gasteiger partial charge in [0.25, 0.3) is 0 Å². The van der Waals surface area contributed by atoms with Gasteiger partial charge in [-0.2, -0.15) is 0 Å². The first-order valence-electron chi connectivity index (χ1n) is 5.44. The Balaban J connectivity index is 2.38. The van der Waals surface area contributed by atoms with Crippen LogP contribution in [-0.4, -0.2) is 34.2 Å². The van der Waals surface area contributed by atoms with Gasteiger partial charge >= 0.3 is 12.0 Å². The largest absolute Gasteiger partial charge is 0.480 e. The summed E-state index contributed by atoms with van der Waals surface area (Å²) in [6.45, 7) is 0.0774. The van der Waals surface area contributed by atoms with E-state index in [-0.39, 0.29) is 19.4 Å². The Morgan fingerprint density at radius 1 is 1.47 bits per heavy atom. The van der Waals surface area contributed by atoms with Crippen LogP contribution in [-0.2, 0) is 16.1 Å². The molecule has 1 rings (SSSR count). The molecule has 0 aromatic carbocycles. The van der Waals surface area contributed by atoms with Crippen LogP contribution in [0.2, 0.25) is 0 Å². The van der Waals surface area contributed by atoms with Gasteiger partial charge in [-0.25, -0.2) is 9.59 Å². The van der Waals surface area contributed by atoms with Gasteiger partial charge in [0.05, 0.1) is 12.7 Å². The number of primary amides is 1. The minimum absolute atomic E-state index is 0.0691. The first-order chi connectivity index (χ1) is 8.99. The van der Waals surface area contributed by atoms with E-state index in [2.05, 4.69) is 15.8 Å². The van der Waals surface area contributed by atoms with Gasteiger partial charge in [-0.05, 0) is 6.42 Å². The first-order valence-corrected chi connectivity index (χ1v) is 5.44. The Bertz CT molecular complexity index is 445. The second-order valence-electron chi connectivity index (χ2n) is 3.70. The van der Waals surface area contributed by atoms with Crippen LogP contribution in [0.3, 0.4) is 0 Å². The van der Waals surface area contributed by atoms with Gasteiger partial charge in [0.1, 0.15) is 6.04 Å². The molecule has 0 saturated heterocycles. The van der Waals surface area contributed by atoms with Crippen molar-refractivity contribution in [1.82, 2.24) is 15.8 Å². The van der Waals surface area contributed by atoms with Gasteiger partial charge in [-0.3, -0.25) is 4.79 Å². The van der Waals surface area contributed by atoms with Crippen LogP contribution < -0.4 is 16.4 Å². The molecule has 0 aliphatic carbocycles. The average molecular weight is 270 g/mol. The molecule has 3 amide bonds. The van der Waals surface area contributed by atoms with Crippen molar-refractivity contribution in [3.8, 4) is 0 Å². The second-order valence-corrected chi connectivity index (χ2v) is 3.70. The number of carboxylic acids is 1. The van der Waals surface area contributed by atoms with Crippen LogP contribution >= 0.6 is 0 Å². The third-order valence-electron chi connectivity index (χ3n) is 2.20. The predicted molar refractivity (Wildman–Crippen MR) is 61.7 cm³/mol. The number of hydrogen-bond acceptors (Lipinski definition) is 5. The lowest BCUT2D eigenvalue weighted by Crippen LogP contribution is -2.46. The number of rotatable bonds is 7. The standard InChI is InChI=1S/C10H14N4O5/c11-8(15)2-1-7(9(16)17)14-10(18)12-5-6-3-4-13-19-6/h3-4,7H,1-2,5H2,(H2,11,15)(H,16,17)(H2,12,14,18)/t7-/m1/s1. The van der Waals surface area contributed by atoms with Gasteiger partial charge in [0.2, 0.25) is 5.91 Å². The summed E-state index contributed by atoms with van der Waals surface area (Å²) in [4.78, 5) is 32.9. The molecule has 0 radical (unpaired) electrons. The van der Waals surface area contributed by atoms with E-state index in [0.29, 0.717) is 5.76 Å². The molecule has 9 nitrogen and oxygen atoms in total. The summed E-state index contributed by atoms with van der Waals surface area (Å²) < 4.78 is 4.75. The molecule has 0 unspecified atom stereocenters. The van der Waals surface area contributed by atoms with Gasteiger partial charge in [-0.1, -0.05) is 5.16 Å². The monoisotopic (exact) mass is 270 g/mol. The number of aliphatic carboxylic acids is 1. The summed E-state index contributed by atoms with van der Waals surface area (Å²) in [5.74, 6) is -1.44. The highest BCUT2D eigenvalue weighted by molar-refractivity contribution is 5.83. The zero-order valence-corrected chi connectivity index (χ0v) is 9.96. The summed E-state index contributed by atoms with van der Waals surface area (Å²) in [5, 5.41) is 16.9. The molecule has 1 heterocycles. The van der Waals surface area contributed by atoms with Gasteiger partial charge < -0.3 is 26.0 Å². The Kier molecular flexibility index (Phi) is 5.33. The third kappa shape index (κ3) is 5.52. The van der Waals surface area contributed by atoms with Crippen molar-refractivity contribution in [2.45, 2.75) is 25.4 Å². The molecule has 1 aromatic rings. The number of nitrogens with one attached hydrogen (secondary N) is 2. The molecule has 9 heteroatoms. The number of amides is 3. The first kappa shape index (κ1) is 14.5. The van der Waals surface area contributed by atoms with Gasteiger partial charge in [0.15, 0.2) is 5.76 Å². The average Bonchev–Trinajstić information content (AvgIpc) is 2.84. The molecule has 0 aliphatic heterocycles. The van der Waals surface area contributed by atoms with Gasteiger partial charge in [-0.15, -0.1) is 0 Å². The Hall–Kier alpha value is -2.58. The maximum Gasteiger partial charge on any atom is 0.326 e. The van der Waals surface area contributed by atoms with Crippen molar-refractivity contribution in [2.24, 2.45) is 5.73 Å². The molecule has 0 aliphatic rings. The Morgan fingerprint density at radius 2 is 2.21 bits per heavy atom. The van der Waals surface area contributed by atoms with E-state index in [9.17, 15) is 14.4 Å². The second kappa shape index (κ2) is 6.99.